The lowest BCUT2D eigenvalue weighted by Crippen LogP contribution is -2.49. The number of carbonyl (C=O) groups excluding carboxylic acids is 1. The summed E-state index contributed by atoms with van der Waals surface area (Å²) < 4.78 is 6.31. The zero-order chi connectivity index (χ0) is 14.8. The maximum Gasteiger partial charge on any atom is 0.237 e. The monoisotopic (exact) mass is 356 g/mol. The number of carbonyl (C=O) groups is 1. The van der Waals surface area contributed by atoms with Gasteiger partial charge in [0, 0.05) is 23.4 Å². The second kappa shape index (κ2) is 6.20. The lowest BCUT2D eigenvalue weighted by Gasteiger charge is -2.34. The van der Waals surface area contributed by atoms with E-state index in [2.05, 4.69) is 21.2 Å². The van der Waals surface area contributed by atoms with Crippen LogP contribution in [0.4, 0.5) is 5.69 Å². The number of hydrogen-bond acceptors (Lipinski definition) is 3. The fraction of sp³-hybridized carbons (Fsp3) is 0.429. The summed E-state index contributed by atoms with van der Waals surface area (Å²) in [5, 5.41) is 2.92. The van der Waals surface area contributed by atoms with Gasteiger partial charge < -0.3 is 15.8 Å². The fourth-order valence-electron chi connectivity index (χ4n) is 2.28. The molecular weight excluding hydrogens is 340 g/mol. The summed E-state index contributed by atoms with van der Waals surface area (Å²) in [6.45, 7) is 2.98. The van der Waals surface area contributed by atoms with Crippen molar-refractivity contribution >= 4 is 44.7 Å². The Morgan fingerprint density at radius 1 is 1.45 bits per heavy atom. The van der Waals surface area contributed by atoms with Crippen molar-refractivity contribution < 1.29 is 9.53 Å². The average molecular weight is 357 g/mol. The summed E-state index contributed by atoms with van der Waals surface area (Å²) in [6.07, 6.45) is 1.06. The number of amides is 1. The van der Waals surface area contributed by atoms with Crippen LogP contribution in [0, 0.1) is 12.3 Å². The third kappa shape index (κ3) is 3.02. The van der Waals surface area contributed by atoms with Crippen molar-refractivity contribution in [1.82, 2.24) is 0 Å². The van der Waals surface area contributed by atoms with E-state index < -0.39 is 5.41 Å². The number of hydrogen-bond donors (Lipinski definition) is 2. The van der Waals surface area contributed by atoms with Crippen LogP contribution in [0.3, 0.4) is 0 Å². The molecule has 108 valence electrons. The highest BCUT2D eigenvalue weighted by molar-refractivity contribution is 9.10. The Hall–Kier alpha value is -0.980. The van der Waals surface area contributed by atoms with Crippen LogP contribution in [-0.2, 0) is 9.53 Å². The van der Waals surface area contributed by atoms with E-state index in [0.717, 1.165) is 15.7 Å². The highest BCUT2D eigenvalue weighted by Crippen LogP contribution is 2.33. The second-order valence-corrected chi connectivity index (χ2v) is 6.27. The van der Waals surface area contributed by atoms with Gasteiger partial charge in [0.2, 0.25) is 5.91 Å². The summed E-state index contributed by atoms with van der Waals surface area (Å²) in [7, 11) is 0. The molecule has 4 nitrogen and oxygen atoms in total. The lowest BCUT2D eigenvalue weighted by molar-refractivity contribution is -0.126. The number of benzene rings is 1. The van der Waals surface area contributed by atoms with Crippen LogP contribution in [-0.4, -0.2) is 24.1 Å². The van der Waals surface area contributed by atoms with Gasteiger partial charge in [-0.2, -0.15) is 0 Å². The molecule has 0 aliphatic carbocycles. The molecule has 0 bridgehead atoms. The Balaban J connectivity index is 2.20. The Kier molecular flexibility index (Phi) is 4.78. The van der Waals surface area contributed by atoms with E-state index in [4.69, 9.17) is 22.7 Å². The summed E-state index contributed by atoms with van der Waals surface area (Å²) >= 11 is 8.56. The standard InChI is InChI=1S/C14H17BrN2O2S/c1-9-8-10(2-3-11(9)15)17-13(18)14(12(16)20)4-6-19-7-5-14/h2-3,8H,4-7H2,1H3,(H2,16,20)(H,17,18). The van der Waals surface area contributed by atoms with E-state index in [1.54, 1.807) is 0 Å². The van der Waals surface area contributed by atoms with E-state index in [1.807, 2.05) is 25.1 Å². The molecule has 1 fully saturated rings. The second-order valence-electron chi connectivity index (χ2n) is 4.98. The summed E-state index contributed by atoms with van der Waals surface area (Å²) in [6, 6.07) is 5.67. The van der Waals surface area contributed by atoms with Gasteiger partial charge in [-0.3, -0.25) is 4.79 Å². The zero-order valence-corrected chi connectivity index (χ0v) is 13.6. The number of aryl methyl sites for hydroxylation is 1. The molecule has 0 radical (unpaired) electrons. The summed E-state index contributed by atoms with van der Waals surface area (Å²) in [4.78, 5) is 12.8. The van der Waals surface area contributed by atoms with Gasteiger partial charge in [-0.05, 0) is 43.5 Å². The Morgan fingerprint density at radius 2 is 2.10 bits per heavy atom. The molecule has 1 aliphatic rings. The van der Waals surface area contributed by atoms with Crippen LogP contribution >= 0.6 is 28.1 Å². The van der Waals surface area contributed by atoms with Crippen LogP contribution in [0.15, 0.2) is 22.7 Å². The van der Waals surface area contributed by atoms with E-state index >= 15 is 0 Å². The van der Waals surface area contributed by atoms with Crippen molar-refractivity contribution in [3.8, 4) is 0 Å². The molecule has 1 aromatic rings. The normalized spacial score (nSPS) is 17.5. The first-order valence-corrected chi connectivity index (χ1v) is 7.61. The molecule has 2 rings (SSSR count). The maximum absolute atomic E-state index is 12.6. The highest BCUT2D eigenvalue weighted by atomic mass is 79.9. The first kappa shape index (κ1) is 15.4. The molecule has 0 aromatic heterocycles. The van der Waals surface area contributed by atoms with Crippen LogP contribution < -0.4 is 11.1 Å². The Labute approximate surface area is 132 Å². The van der Waals surface area contributed by atoms with Crippen molar-refractivity contribution in [2.24, 2.45) is 11.1 Å². The number of rotatable bonds is 3. The van der Waals surface area contributed by atoms with Gasteiger partial charge in [0.1, 0.15) is 5.41 Å². The molecule has 1 amide bonds. The molecule has 1 aromatic carbocycles. The first-order valence-electron chi connectivity index (χ1n) is 6.41. The molecule has 1 aliphatic heterocycles. The zero-order valence-electron chi connectivity index (χ0n) is 11.2. The summed E-state index contributed by atoms with van der Waals surface area (Å²) in [5.41, 5.74) is 6.82. The van der Waals surface area contributed by atoms with E-state index in [-0.39, 0.29) is 10.9 Å². The smallest absolute Gasteiger partial charge is 0.237 e. The predicted molar refractivity (Wildman–Crippen MR) is 86.8 cm³/mol. The van der Waals surface area contributed by atoms with E-state index in [0.29, 0.717) is 26.1 Å². The van der Waals surface area contributed by atoms with Gasteiger partial charge in [-0.1, -0.05) is 28.1 Å². The Morgan fingerprint density at radius 3 is 2.65 bits per heavy atom. The predicted octanol–water partition coefficient (Wildman–Crippen LogP) is 2.78. The molecule has 0 spiro atoms. The van der Waals surface area contributed by atoms with Gasteiger partial charge in [0.05, 0.1) is 4.99 Å². The average Bonchev–Trinajstić information content (AvgIpc) is 2.43. The molecule has 3 N–H and O–H groups in total. The van der Waals surface area contributed by atoms with Crippen molar-refractivity contribution in [2.45, 2.75) is 19.8 Å². The van der Waals surface area contributed by atoms with Gasteiger partial charge >= 0.3 is 0 Å². The van der Waals surface area contributed by atoms with Crippen molar-refractivity contribution in [1.29, 1.82) is 0 Å². The lowest BCUT2D eigenvalue weighted by atomic mass is 9.79. The Bertz CT molecular complexity index is 542. The topological polar surface area (TPSA) is 64.4 Å². The minimum Gasteiger partial charge on any atom is -0.392 e. The number of nitrogens with one attached hydrogen (secondary N) is 1. The maximum atomic E-state index is 12.6. The molecule has 6 heteroatoms. The molecule has 1 heterocycles. The largest absolute Gasteiger partial charge is 0.392 e. The van der Waals surface area contributed by atoms with Crippen LogP contribution in [0.25, 0.3) is 0 Å². The van der Waals surface area contributed by atoms with Crippen molar-refractivity contribution in [3.05, 3.63) is 28.2 Å². The number of anilines is 1. The van der Waals surface area contributed by atoms with Crippen LogP contribution in [0.5, 0.6) is 0 Å². The third-order valence-corrected chi connectivity index (χ3v) is 4.95. The molecule has 1 saturated heterocycles. The van der Waals surface area contributed by atoms with E-state index in [9.17, 15) is 4.79 Å². The quantitative estimate of drug-likeness (QED) is 0.817. The SMILES string of the molecule is Cc1cc(NC(=O)C2(C(N)=S)CCOCC2)ccc1Br. The van der Waals surface area contributed by atoms with Crippen molar-refractivity contribution in [3.63, 3.8) is 0 Å². The molecule has 20 heavy (non-hydrogen) atoms. The van der Waals surface area contributed by atoms with Crippen molar-refractivity contribution in [2.75, 3.05) is 18.5 Å². The van der Waals surface area contributed by atoms with Crippen LogP contribution in [0.2, 0.25) is 0 Å². The molecule has 0 saturated carbocycles. The van der Waals surface area contributed by atoms with Gasteiger partial charge in [-0.15, -0.1) is 0 Å². The third-order valence-electron chi connectivity index (χ3n) is 3.67. The van der Waals surface area contributed by atoms with Gasteiger partial charge in [-0.25, -0.2) is 0 Å². The van der Waals surface area contributed by atoms with Crippen LogP contribution in [0.1, 0.15) is 18.4 Å². The molecular formula is C14H17BrN2O2S. The fourth-order valence-corrected chi connectivity index (χ4v) is 2.82. The number of nitrogens with two attached hydrogens (primary N) is 1. The molecule has 0 unspecified atom stereocenters. The first-order chi connectivity index (χ1) is 9.45. The highest BCUT2D eigenvalue weighted by Gasteiger charge is 2.43. The van der Waals surface area contributed by atoms with E-state index in [1.165, 1.54) is 0 Å². The number of halogens is 1. The number of ether oxygens (including phenoxy) is 1. The minimum atomic E-state index is -0.797. The summed E-state index contributed by atoms with van der Waals surface area (Å²) in [5.74, 6) is -0.143. The van der Waals surface area contributed by atoms with Gasteiger partial charge in [0.25, 0.3) is 0 Å². The molecule has 0 atom stereocenters. The number of thiocarbonyl (C=S) groups is 1. The minimum absolute atomic E-state index is 0.143. The van der Waals surface area contributed by atoms with Gasteiger partial charge in [0.15, 0.2) is 0 Å².